The number of hydrogen-bond donors (Lipinski definition) is 1. The third-order valence-corrected chi connectivity index (χ3v) is 4.61. The molecular formula is C17H21NOS. The zero-order valence-electron chi connectivity index (χ0n) is 12.2. The van der Waals surface area contributed by atoms with Crippen LogP contribution in [0.2, 0.25) is 0 Å². The maximum absolute atomic E-state index is 6.37. The summed E-state index contributed by atoms with van der Waals surface area (Å²) in [6.45, 7) is 4.24. The van der Waals surface area contributed by atoms with E-state index in [1.54, 1.807) is 18.9 Å². The van der Waals surface area contributed by atoms with Gasteiger partial charge < -0.3 is 10.5 Å². The van der Waals surface area contributed by atoms with Crippen LogP contribution in [0.25, 0.3) is 0 Å². The molecule has 0 fully saturated rings. The average molecular weight is 287 g/mol. The van der Waals surface area contributed by atoms with Gasteiger partial charge in [0.15, 0.2) is 0 Å². The first kappa shape index (κ1) is 14.9. The highest BCUT2D eigenvalue weighted by atomic mass is 32.2. The van der Waals surface area contributed by atoms with E-state index in [4.69, 9.17) is 10.5 Å². The van der Waals surface area contributed by atoms with Crippen molar-refractivity contribution in [2.24, 2.45) is 5.73 Å². The Morgan fingerprint density at radius 1 is 1.05 bits per heavy atom. The van der Waals surface area contributed by atoms with E-state index in [0.29, 0.717) is 0 Å². The van der Waals surface area contributed by atoms with Crippen molar-refractivity contribution in [3.63, 3.8) is 0 Å². The van der Waals surface area contributed by atoms with Crippen molar-refractivity contribution in [3.8, 4) is 5.75 Å². The molecule has 3 heteroatoms. The summed E-state index contributed by atoms with van der Waals surface area (Å²) >= 11 is 1.75. The predicted octanol–water partition coefficient (Wildman–Crippen LogP) is 4.18. The molecule has 0 saturated heterocycles. The second-order valence-electron chi connectivity index (χ2n) is 4.91. The van der Waals surface area contributed by atoms with Gasteiger partial charge in [-0.05, 0) is 24.6 Å². The van der Waals surface area contributed by atoms with Gasteiger partial charge in [0.2, 0.25) is 0 Å². The summed E-state index contributed by atoms with van der Waals surface area (Å²) in [4.78, 5) is 1.13. The van der Waals surface area contributed by atoms with E-state index >= 15 is 0 Å². The van der Waals surface area contributed by atoms with Gasteiger partial charge in [-0.25, -0.2) is 0 Å². The Morgan fingerprint density at radius 2 is 1.70 bits per heavy atom. The van der Waals surface area contributed by atoms with Crippen LogP contribution in [0.4, 0.5) is 0 Å². The molecule has 106 valence electrons. The molecular weight excluding hydrogens is 266 g/mol. The van der Waals surface area contributed by atoms with E-state index in [1.807, 2.05) is 18.2 Å². The van der Waals surface area contributed by atoms with E-state index in [1.165, 1.54) is 11.1 Å². The summed E-state index contributed by atoms with van der Waals surface area (Å²) < 4.78 is 5.39. The van der Waals surface area contributed by atoms with Crippen LogP contribution in [0.3, 0.4) is 0 Å². The molecule has 0 heterocycles. The molecule has 0 aromatic heterocycles. The quantitative estimate of drug-likeness (QED) is 0.838. The van der Waals surface area contributed by atoms with Gasteiger partial charge in [0.25, 0.3) is 0 Å². The van der Waals surface area contributed by atoms with Crippen LogP contribution in [0.1, 0.15) is 24.1 Å². The highest BCUT2D eigenvalue weighted by Crippen LogP contribution is 2.35. The second kappa shape index (κ2) is 6.82. The molecule has 0 aliphatic heterocycles. The molecule has 0 bridgehead atoms. The van der Waals surface area contributed by atoms with Gasteiger partial charge in [-0.2, -0.15) is 0 Å². The lowest BCUT2D eigenvalue weighted by molar-refractivity contribution is 0.404. The molecule has 0 saturated carbocycles. The smallest absolute Gasteiger partial charge is 0.132 e. The molecule has 2 aromatic rings. The van der Waals surface area contributed by atoms with Crippen LogP contribution < -0.4 is 10.5 Å². The summed E-state index contributed by atoms with van der Waals surface area (Å²) in [5.74, 6) is 0.903. The topological polar surface area (TPSA) is 35.2 Å². The van der Waals surface area contributed by atoms with E-state index in [2.05, 4.69) is 44.2 Å². The molecule has 2 aromatic carbocycles. The van der Waals surface area contributed by atoms with Crippen molar-refractivity contribution >= 4 is 11.8 Å². The standard InChI is InChI=1S/C17H21NOS/c1-12-8-10-14(11-9-12)17(18)13(2)20-16-7-5-4-6-15(16)19-3/h4-11,13,17H,18H2,1-3H3. The fourth-order valence-electron chi connectivity index (χ4n) is 2.05. The van der Waals surface area contributed by atoms with E-state index in [-0.39, 0.29) is 11.3 Å². The summed E-state index contributed by atoms with van der Waals surface area (Å²) in [6, 6.07) is 16.5. The highest BCUT2D eigenvalue weighted by Gasteiger charge is 2.17. The third-order valence-electron chi connectivity index (χ3n) is 3.35. The number of aryl methyl sites for hydroxylation is 1. The van der Waals surface area contributed by atoms with Gasteiger partial charge in [0.05, 0.1) is 7.11 Å². The van der Waals surface area contributed by atoms with Gasteiger partial charge in [-0.3, -0.25) is 0 Å². The van der Waals surface area contributed by atoms with Gasteiger partial charge in [0, 0.05) is 16.2 Å². The summed E-state index contributed by atoms with van der Waals surface area (Å²) in [7, 11) is 1.70. The Hall–Kier alpha value is -1.45. The van der Waals surface area contributed by atoms with Crippen LogP contribution in [0.15, 0.2) is 53.4 Å². The number of thioether (sulfide) groups is 1. The van der Waals surface area contributed by atoms with Gasteiger partial charge >= 0.3 is 0 Å². The molecule has 20 heavy (non-hydrogen) atoms. The molecule has 2 rings (SSSR count). The number of methoxy groups -OCH3 is 1. The number of nitrogens with two attached hydrogens (primary N) is 1. The van der Waals surface area contributed by atoms with Crippen molar-refractivity contribution in [3.05, 3.63) is 59.7 Å². The minimum absolute atomic E-state index is 0.00510. The first-order valence-corrected chi connectivity index (χ1v) is 7.61. The molecule has 2 unspecified atom stereocenters. The molecule has 2 atom stereocenters. The van der Waals surface area contributed by atoms with Crippen molar-refractivity contribution in [1.82, 2.24) is 0 Å². The summed E-state index contributed by atoms with van der Waals surface area (Å²) in [6.07, 6.45) is 0. The lowest BCUT2D eigenvalue weighted by Gasteiger charge is -2.21. The lowest BCUT2D eigenvalue weighted by atomic mass is 10.0. The number of benzene rings is 2. The first-order valence-electron chi connectivity index (χ1n) is 6.73. The zero-order valence-corrected chi connectivity index (χ0v) is 13.0. The average Bonchev–Trinajstić information content (AvgIpc) is 2.48. The monoisotopic (exact) mass is 287 g/mol. The van der Waals surface area contributed by atoms with E-state index in [0.717, 1.165) is 10.6 Å². The minimum atomic E-state index is 0.00510. The largest absolute Gasteiger partial charge is 0.496 e. The van der Waals surface area contributed by atoms with Gasteiger partial charge in [-0.1, -0.05) is 48.9 Å². The van der Waals surface area contributed by atoms with Crippen molar-refractivity contribution in [1.29, 1.82) is 0 Å². The molecule has 0 aliphatic carbocycles. The van der Waals surface area contributed by atoms with Gasteiger partial charge in [0.1, 0.15) is 5.75 Å². The summed E-state index contributed by atoms with van der Waals surface area (Å²) in [5, 5.41) is 0.272. The van der Waals surface area contributed by atoms with Crippen LogP contribution in [-0.2, 0) is 0 Å². The zero-order chi connectivity index (χ0) is 14.5. The fraction of sp³-hybridized carbons (Fsp3) is 0.294. The third kappa shape index (κ3) is 3.56. The van der Waals surface area contributed by atoms with Gasteiger partial charge in [-0.15, -0.1) is 11.8 Å². The Kier molecular flexibility index (Phi) is 5.10. The molecule has 2 nitrogen and oxygen atoms in total. The Labute approximate surface area is 125 Å². The first-order chi connectivity index (χ1) is 9.61. The normalized spacial score (nSPS) is 13.8. The highest BCUT2D eigenvalue weighted by molar-refractivity contribution is 8.00. The van der Waals surface area contributed by atoms with Crippen LogP contribution in [0.5, 0.6) is 5.75 Å². The van der Waals surface area contributed by atoms with Crippen molar-refractivity contribution in [2.45, 2.75) is 30.0 Å². The molecule has 2 N–H and O–H groups in total. The Morgan fingerprint density at radius 3 is 2.35 bits per heavy atom. The number of hydrogen-bond acceptors (Lipinski definition) is 3. The van der Waals surface area contributed by atoms with Crippen LogP contribution in [-0.4, -0.2) is 12.4 Å². The fourth-order valence-corrected chi connectivity index (χ4v) is 3.18. The molecule has 0 radical (unpaired) electrons. The lowest BCUT2D eigenvalue weighted by Crippen LogP contribution is -2.21. The van der Waals surface area contributed by atoms with Crippen LogP contribution in [0, 0.1) is 6.92 Å². The predicted molar refractivity (Wildman–Crippen MR) is 86.4 cm³/mol. The number of para-hydroxylation sites is 1. The SMILES string of the molecule is COc1ccccc1SC(C)C(N)c1ccc(C)cc1. The van der Waals surface area contributed by atoms with E-state index < -0.39 is 0 Å². The maximum Gasteiger partial charge on any atom is 0.132 e. The number of ether oxygens (including phenoxy) is 1. The molecule has 0 spiro atoms. The Balaban J connectivity index is 2.11. The van der Waals surface area contributed by atoms with Crippen LogP contribution >= 0.6 is 11.8 Å². The summed E-state index contributed by atoms with van der Waals surface area (Å²) in [5.41, 5.74) is 8.79. The van der Waals surface area contributed by atoms with Crippen molar-refractivity contribution < 1.29 is 4.74 Å². The molecule has 0 aliphatic rings. The number of rotatable bonds is 5. The van der Waals surface area contributed by atoms with E-state index in [9.17, 15) is 0 Å². The Bertz CT molecular complexity index is 553. The van der Waals surface area contributed by atoms with Crippen molar-refractivity contribution in [2.75, 3.05) is 7.11 Å². The second-order valence-corrected chi connectivity index (χ2v) is 6.33. The minimum Gasteiger partial charge on any atom is -0.496 e. The maximum atomic E-state index is 6.37. The molecule has 0 amide bonds.